The zero-order valence-electron chi connectivity index (χ0n) is 12.0. The molecule has 1 atom stereocenters. The number of benzene rings is 1. The fourth-order valence-corrected chi connectivity index (χ4v) is 1.79. The predicted octanol–water partition coefficient (Wildman–Crippen LogP) is 2.65. The molecule has 0 spiro atoms. The second-order valence-corrected chi connectivity index (χ2v) is 5.86. The number of nitrogens with two attached hydrogens (primary N) is 1. The monoisotopic (exact) mass is 248 g/mol. The van der Waals surface area contributed by atoms with E-state index in [2.05, 4.69) is 27.7 Å². The van der Waals surface area contributed by atoms with Crippen molar-refractivity contribution >= 4 is 5.91 Å². The lowest BCUT2D eigenvalue weighted by molar-refractivity contribution is 0.0629. The summed E-state index contributed by atoms with van der Waals surface area (Å²) >= 11 is 0. The van der Waals surface area contributed by atoms with Crippen LogP contribution in [0.1, 0.15) is 43.6 Å². The molecule has 3 nitrogen and oxygen atoms in total. The molecule has 18 heavy (non-hydrogen) atoms. The Morgan fingerprint density at radius 3 is 2.50 bits per heavy atom. The summed E-state index contributed by atoms with van der Waals surface area (Å²) in [5, 5.41) is 0. The number of carbonyl (C=O) groups excluding carboxylic acids is 1. The number of amides is 1. The smallest absolute Gasteiger partial charge is 0.253 e. The van der Waals surface area contributed by atoms with E-state index in [9.17, 15) is 4.79 Å². The highest BCUT2D eigenvalue weighted by molar-refractivity contribution is 5.94. The number of hydrogen-bond donors (Lipinski definition) is 1. The van der Waals surface area contributed by atoms with Gasteiger partial charge in [-0.3, -0.25) is 4.79 Å². The fraction of sp³-hybridized carbons (Fsp3) is 0.533. The molecule has 3 heteroatoms. The molecule has 0 saturated heterocycles. The highest BCUT2D eigenvalue weighted by Gasteiger charge is 2.27. The summed E-state index contributed by atoms with van der Waals surface area (Å²) in [6.45, 7) is 8.94. The van der Waals surface area contributed by atoms with Crippen LogP contribution in [-0.2, 0) is 6.54 Å². The van der Waals surface area contributed by atoms with Crippen LogP contribution in [0.4, 0.5) is 0 Å². The van der Waals surface area contributed by atoms with Crippen LogP contribution < -0.4 is 5.73 Å². The van der Waals surface area contributed by atoms with Crippen LogP contribution in [0.5, 0.6) is 0 Å². The van der Waals surface area contributed by atoms with Gasteiger partial charge in [0.25, 0.3) is 5.91 Å². The molecule has 1 aromatic carbocycles. The Bertz CT molecular complexity index is 421. The third-order valence-corrected chi connectivity index (χ3v) is 3.56. The van der Waals surface area contributed by atoms with Gasteiger partial charge in [-0.25, -0.2) is 0 Å². The Morgan fingerprint density at radius 2 is 2.00 bits per heavy atom. The summed E-state index contributed by atoms with van der Waals surface area (Å²) in [7, 11) is 1.85. The van der Waals surface area contributed by atoms with Gasteiger partial charge in [-0.1, -0.05) is 32.9 Å². The third kappa shape index (κ3) is 3.33. The zero-order chi connectivity index (χ0) is 13.9. The minimum Gasteiger partial charge on any atom is -0.338 e. The maximum absolute atomic E-state index is 12.4. The number of carbonyl (C=O) groups is 1. The highest BCUT2D eigenvalue weighted by atomic mass is 16.2. The Hall–Kier alpha value is -1.35. The first kappa shape index (κ1) is 14.7. The van der Waals surface area contributed by atoms with Crippen LogP contribution in [0.15, 0.2) is 24.3 Å². The fourth-order valence-electron chi connectivity index (χ4n) is 1.79. The van der Waals surface area contributed by atoms with E-state index in [1.807, 2.05) is 31.3 Å². The van der Waals surface area contributed by atoms with Crippen molar-refractivity contribution in [3.63, 3.8) is 0 Å². The van der Waals surface area contributed by atoms with Gasteiger partial charge in [-0.05, 0) is 30.0 Å². The molecular weight excluding hydrogens is 224 g/mol. The van der Waals surface area contributed by atoms with E-state index in [0.29, 0.717) is 12.1 Å². The number of nitrogens with zero attached hydrogens (tertiary/aromatic N) is 1. The first-order valence-electron chi connectivity index (χ1n) is 6.33. The maximum atomic E-state index is 12.4. The minimum atomic E-state index is 0.0488. The summed E-state index contributed by atoms with van der Waals surface area (Å²) in [5.41, 5.74) is 7.35. The zero-order valence-corrected chi connectivity index (χ0v) is 12.0. The van der Waals surface area contributed by atoms with Crippen molar-refractivity contribution in [1.82, 2.24) is 4.90 Å². The van der Waals surface area contributed by atoms with Crippen molar-refractivity contribution in [1.29, 1.82) is 0 Å². The summed E-state index contributed by atoms with van der Waals surface area (Å²) in [4.78, 5) is 14.2. The van der Waals surface area contributed by atoms with Gasteiger partial charge in [0.15, 0.2) is 0 Å². The lowest BCUT2D eigenvalue weighted by Crippen LogP contribution is -2.43. The second kappa shape index (κ2) is 5.53. The molecule has 1 aromatic rings. The normalized spacial score (nSPS) is 13.2. The second-order valence-electron chi connectivity index (χ2n) is 5.86. The molecule has 1 unspecified atom stereocenters. The van der Waals surface area contributed by atoms with Crippen LogP contribution >= 0.6 is 0 Å². The summed E-state index contributed by atoms with van der Waals surface area (Å²) in [5.74, 6) is 0.0488. The molecule has 1 amide bonds. The lowest BCUT2D eigenvalue weighted by atomic mass is 9.87. The van der Waals surface area contributed by atoms with Crippen LogP contribution in [0.3, 0.4) is 0 Å². The average Bonchev–Trinajstić information content (AvgIpc) is 2.35. The van der Waals surface area contributed by atoms with Crippen molar-refractivity contribution in [3.8, 4) is 0 Å². The van der Waals surface area contributed by atoms with Crippen LogP contribution in [0, 0.1) is 5.41 Å². The molecule has 2 N–H and O–H groups in total. The first-order valence-corrected chi connectivity index (χ1v) is 6.33. The highest BCUT2D eigenvalue weighted by Crippen LogP contribution is 2.24. The van der Waals surface area contributed by atoms with Crippen LogP contribution in [0.2, 0.25) is 0 Å². The van der Waals surface area contributed by atoms with E-state index >= 15 is 0 Å². The number of rotatable bonds is 3. The van der Waals surface area contributed by atoms with Gasteiger partial charge in [0.2, 0.25) is 0 Å². The molecule has 0 aliphatic rings. The quantitative estimate of drug-likeness (QED) is 0.894. The van der Waals surface area contributed by atoms with E-state index in [0.717, 1.165) is 5.56 Å². The van der Waals surface area contributed by atoms with Crippen molar-refractivity contribution in [2.45, 2.75) is 40.3 Å². The third-order valence-electron chi connectivity index (χ3n) is 3.56. The molecule has 0 saturated carbocycles. The van der Waals surface area contributed by atoms with Crippen molar-refractivity contribution < 1.29 is 4.79 Å². The topological polar surface area (TPSA) is 46.3 Å². The summed E-state index contributed by atoms with van der Waals surface area (Å²) < 4.78 is 0. The minimum absolute atomic E-state index is 0.0488. The van der Waals surface area contributed by atoms with E-state index in [4.69, 9.17) is 5.73 Å². The standard InChI is InChI=1S/C15H24N2O/c1-11(15(2,3)4)17(5)14(18)13-8-6-7-12(9-13)10-16/h6-9,11H,10,16H2,1-5H3. The van der Waals surface area contributed by atoms with Crippen molar-refractivity contribution in [2.24, 2.45) is 11.1 Å². The predicted molar refractivity (Wildman–Crippen MR) is 75.3 cm³/mol. The van der Waals surface area contributed by atoms with Gasteiger partial charge in [0.05, 0.1) is 0 Å². The Morgan fingerprint density at radius 1 is 1.39 bits per heavy atom. The average molecular weight is 248 g/mol. The molecule has 0 fully saturated rings. The largest absolute Gasteiger partial charge is 0.338 e. The Balaban J connectivity index is 2.93. The van der Waals surface area contributed by atoms with E-state index < -0.39 is 0 Å². The van der Waals surface area contributed by atoms with Crippen molar-refractivity contribution in [3.05, 3.63) is 35.4 Å². The maximum Gasteiger partial charge on any atom is 0.253 e. The first-order chi connectivity index (χ1) is 8.27. The van der Waals surface area contributed by atoms with E-state index in [1.54, 1.807) is 4.90 Å². The van der Waals surface area contributed by atoms with Gasteiger partial charge < -0.3 is 10.6 Å². The van der Waals surface area contributed by atoms with Gasteiger partial charge in [-0.2, -0.15) is 0 Å². The molecule has 0 aliphatic carbocycles. The van der Waals surface area contributed by atoms with Gasteiger partial charge in [-0.15, -0.1) is 0 Å². The van der Waals surface area contributed by atoms with Gasteiger partial charge >= 0.3 is 0 Å². The van der Waals surface area contributed by atoms with Gasteiger partial charge in [0, 0.05) is 25.2 Å². The molecule has 100 valence electrons. The number of hydrogen-bond acceptors (Lipinski definition) is 2. The molecule has 0 heterocycles. The summed E-state index contributed by atoms with van der Waals surface area (Å²) in [6.07, 6.45) is 0. The lowest BCUT2D eigenvalue weighted by Gasteiger charge is -2.35. The molecule has 0 aliphatic heterocycles. The van der Waals surface area contributed by atoms with Gasteiger partial charge in [0.1, 0.15) is 0 Å². The molecular formula is C15H24N2O. The van der Waals surface area contributed by atoms with E-state index in [1.165, 1.54) is 0 Å². The molecule has 0 radical (unpaired) electrons. The van der Waals surface area contributed by atoms with Crippen molar-refractivity contribution in [2.75, 3.05) is 7.05 Å². The van der Waals surface area contributed by atoms with Crippen LogP contribution in [0.25, 0.3) is 0 Å². The molecule has 1 rings (SSSR count). The molecule has 0 bridgehead atoms. The van der Waals surface area contributed by atoms with Crippen LogP contribution in [-0.4, -0.2) is 23.9 Å². The summed E-state index contributed by atoms with van der Waals surface area (Å²) in [6, 6.07) is 7.70. The Labute approximate surface area is 110 Å². The Kier molecular flexibility index (Phi) is 4.52. The SMILES string of the molecule is CC(N(C)C(=O)c1cccc(CN)c1)C(C)(C)C. The molecule has 0 aromatic heterocycles. The van der Waals surface area contributed by atoms with E-state index in [-0.39, 0.29) is 17.4 Å².